The third-order valence-electron chi connectivity index (χ3n) is 3.02. The highest BCUT2D eigenvalue weighted by Gasteiger charge is 2.12. The number of nitrogens with one attached hydrogen (secondary N) is 1. The molecule has 4 nitrogen and oxygen atoms in total. The van der Waals surface area contributed by atoms with Crippen LogP contribution in [-0.2, 0) is 6.42 Å². The number of hydrogen-bond donors (Lipinski definition) is 1. The molecule has 4 heteroatoms. The summed E-state index contributed by atoms with van der Waals surface area (Å²) in [5.41, 5.74) is 1.13. The summed E-state index contributed by atoms with van der Waals surface area (Å²) < 4.78 is 0. The Morgan fingerprint density at radius 2 is 2.06 bits per heavy atom. The molecule has 0 aromatic carbocycles. The number of anilines is 1. The predicted octanol–water partition coefficient (Wildman–Crippen LogP) is 1.23. The van der Waals surface area contributed by atoms with Crippen LogP contribution < -0.4 is 10.2 Å². The molecule has 1 N–H and O–H groups in total. The zero-order valence-corrected chi connectivity index (χ0v) is 9.95. The lowest BCUT2D eigenvalue weighted by Crippen LogP contribution is -2.30. The molecule has 0 unspecified atom stereocenters. The average Bonchev–Trinajstić information content (AvgIpc) is 2.38. The zero-order valence-electron chi connectivity index (χ0n) is 9.95. The lowest BCUT2D eigenvalue weighted by atomic mass is 10.1. The van der Waals surface area contributed by atoms with Crippen LogP contribution in [0, 0.1) is 0 Å². The minimum atomic E-state index is 0.969. The first-order chi connectivity index (χ1) is 7.90. The minimum Gasteiger partial charge on any atom is -0.357 e. The Morgan fingerprint density at radius 3 is 2.81 bits per heavy atom. The Hall–Kier alpha value is -1.16. The van der Waals surface area contributed by atoms with Crippen LogP contribution in [0.1, 0.15) is 25.0 Å². The Morgan fingerprint density at radius 1 is 1.25 bits per heavy atom. The normalized spacial score (nSPS) is 16.4. The van der Waals surface area contributed by atoms with E-state index in [1.54, 1.807) is 6.33 Å². The second-order valence-electron chi connectivity index (χ2n) is 4.27. The van der Waals surface area contributed by atoms with E-state index in [-0.39, 0.29) is 0 Å². The fraction of sp³-hybridized carbons (Fsp3) is 0.667. The largest absolute Gasteiger partial charge is 0.357 e. The van der Waals surface area contributed by atoms with E-state index in [1.807, 2.05) is 7.05 Å². The van der Waals surface area contributed by atoms with E-state index in [2.05, 4.69) is 26.3 Å². The van der Waals surface area contributed by atoms with Crippen LogP contribution in [0.4, 0.5) is 5.82 Å². The maximum Gasteiger partial charge on any atom is 0.132 e. The molecule has 0 atom stereocenters. The number of likely N-dealkylation sites (N-methyl/N-ethyl adjacent to an activating group) is 1. The van der Waals surface area contributed by atoms with Gasteiger partial charge in [-0.1, -0.05) is 0 Å². The minimum absolute atomic E-state index is 0.969. The number of hydrogen-bond acceptors (Lipinski definition) is 4. The molecule has 0 saturated carbocycles. The molecule has 1 saturated heterocycles. The van der Waals surface area contributed by atoms with Gasteiger partial charge in [0.25, 0.3) is 0 Å². The summed E-state index contributed by atoms with van der Waals surface area (Å²) in [7, 11) is 1.97. The molecule has 0 aliphatic carbocycles. The summed E-state index contributed by atoms with van der Waals surface area (Å²) in [4.78, 5) is 11.0. The fourth-order valence-electron chi connectivity index (χ4n) is 2.07. The van der Waals surface area contributed by atoms with Crippen molar-refractivity contribution < 1.29 is 0 Å². The lowest BCUT2D eigenvalue weighted by Gasteiger charge is -2.27. The van der Waals surface area contributed by atoms with Crippen LogP contribution in [0.25, 0.3) is 0 Å². The molecule has 2 rings (SSSR count). The Balaban J connectivity index is 2.02. The smallest absolute Gasteiger partial charge is 0.132 e. The van der Waals surface area contributed by atoms with Gasteiger partial charge >= 0.3 is 0 Å². The highest BCUT2D eigenvalue weighted by molar-refractivity contribution is 5.39. The Bertz CT molecular complexity index is 321. The van der Waals surface area contributed by atoms with E-state index in [9.17, 15) is 0 Å². The molecule has 1 aromatic heterocycles. The number of rotatable bonds is 4. The Kier molecular flexibility index (Phi) is 4.10. The summed E-state index contributed by atoms with van der Waals surface area (Å²) in [6, 6.07) is 2.13. The van der Waals surface area contributed by atoms with Gasteiger partial charge in [-0.15, -0.1) is 0 Å². The number of piperidine rings is 1. The summed E-state index contributed by atoms with van der Waals surface area (Å²) in [6.07, 6.45) is 6.59. The van der Waals surface area contributed by atoms with Crippen molar-refractivity contribution in [3.05, 3.63) is 18.1 Å². The molecule has 0 radical (unpaired) electrons. The van der Waals surface area contributed by atoms with E-state index in [0.717, 1.165) is 37.6 Å². The van der Waals surface area contributed by atoms with Gasteiger partial charge < -0.3 is 10.2 Å². The van der Waals surface area contributed by atoms with Crippen LogP contribution in [0.15, 0.2) is 12.4 Å². The fourth-order valence-corrected chi connectivity index (χ4v) is 2.07. The van der Waals surface area contributed by atoms with Crippen molar-refractivity contribution in [2.24, 2.45) is 0 Å². The monoisotopic (exact) mass is 220 g/mol. The molecule has 0 amide bonds. The molecule has 1 fully saturated rings. The summed E-state index contributed by atoms with van der Waals surface area (Å²) in [6.45, 7) is 3.25. The molecule has 0 bridgehead atoms. The third kappa shape index (κ3) is 2.92. The third-order valence-corrected chi connectivity index (χ3v) is 3.02. The summed E-state index contributed by atoms with van der Waals surface area (Å²) in [5, 5.41) is 3.14. The van der Waals surface area contributed by atoms with Gasteiger partial charge in [-0.2, -0.15) is 0 Å². The van der Waals surface area contributed by atoms with Gasteiger partial charge in [0.15, 0.2) is 0 Å². The van der Waals surface area contributed by atoms with Crippen LogP contribution in [0.5, 0.6) is 0 Å². The van der Waals surface area contributed by atoms with E-state index < -0.39 is 0 Å². The number of aromatic nitrogens is 2. The van der Waals surface area contributed by atoms with E-state index >= 15 is 0 Å². The first kappa shape index (κ1) is 11.3. The van der Waals surface area contributed by atoms with Gasteiger partial charge in [-0.3, -0.25) is 0 Å². The van der Waals surface area contributed by atoms with Crippen molar-refractivity contribution in [1.29, 1.82) is 0 Å². The summed E-state index contributed by atoms with van der Waals surface area (Å²) >= 11 is 0. The van der Waals surface area contributed by atoms with Gasteiger partial charge in [-0.05, 0) is 26.3 Å². The van der Waals surface area contributed by atoms with Crippen LogP contribution >= 0.6 is 0 Å². The molecule has 1 aliphatic rings. The molecule has 2 heterocycles. The average molecular weight is 220 g/mol. The number of nitrogens with zero attached hydrogens (tertiary/aromatic N) is 3. The van der Waals surface area contributed by atoms with Crippen molar-refractivity contribution in [1.82, 2.24) is 15.3 Å². The van der Waals surface area contributed by atoms with Crippen molar-refractivity contribution in [3.8, 4) is 0 Å². The van der Waals surface area contributed by atoms with Gasteiger partial charge in [-0.25, -0.2) is 9.97 Å². The van der Waals surface area contributed by atoms with Crippen LogP contribution in [0.3, 0.4) is 0 Å². The maximum absolute atomic E-state index is 4.37. The van der Waals surface area contributed by atoms with Gasteiger partial charge in [0.2, 0.25) is 0 Å². The first-order valence-corrected chi connectivity index (χ1v) is 6.10. The van der Waals surface area contributed by atoms with Crippen LogP contribution in [0.2, 0.25) is 0 Å². The molecule has 88 valence electrons. The maximum atomic E-state index is 4.37. The van der Waals surface area contributed by atoms with E-state index in [0.29, 0.717) is 0 Å². The SMILES string of the molecule is CNCCc1cc(N2CCCCC2)ncn1. The topological polar surface area (TPSA) is 41.0 Å². The molecule has 16 heavy (non-hydrogen) atoms. The molecule has 1 aliphatic heterocycles. The van der Waals surface area contributed by atoms with E-state index in [4.69, 9.17) is 0 Å². The van der Waals surface area contributed by atoms with Crippen molar-refractivity contribution >= 4 is 5.82 Å². The highest BCUT2D eigenvalue weighted by atomic mass is 15.2. The molecule has 0 spiro atoms. The molecular weight excluding hydrogens is 200 g/mol. The van der Waals surface area contributed by atoms with Gasteiger partial charge in [0.1, 0.15) is 12.1 Å². The molecular formula is C12H20N4. The quantitative estimate of drug-likeness (QED) is 0.828. The molecule has 1 aromatic rings. The van der Waals surface area contributed by atoms with Gasteiger partial charge in [0.05, 0.1) is 0 Å². The van der Waals surface area contributed by atoms with E-state index in [1.165, 1.54) is 19.3 Å². The first-order valence-electron chi connectivity index (χ1n) is 6.10. The predicted molar refractivity (Wildman–Crippen MR) is 65.7 cm³/mol. The van der Waals surface area contributed by atoms with Gasteiger partial charge in [0, 0.05) is 37.8 Å². The lowest BCUT2D eigenvalue weighted by molar-refractivity contribution is 0.572. The second-order valence-corrected chi connectivity index (χ2v) is 4.27. The highest BCUT2D eigenvalue weighted by Crippen LogP contribution is 2.17. The van der Waals surface area contributed by atoms with Crippen molar-refractivity contribution in [2.45, 2.75) is 25.7 Å². The van der Waals surface area contributed by atoms with Crippen LogP contribution in [-0.4, -0.2) is 36.6 Å². The standard InChI is InChI=1S/C12H20N4/c1-13-6-5-11-9-12(15-10-14-11)16-7-3-2-4-8-16/h9-10,13H,2-8H2,1H3. The Labute approximate surface area is 97.1 Å². The summed E-state index contributed by atoms with van der Waals surface area (Å²) in [5.74, 6) is 1.10. The van der Waals surface area contributed by atoms with Crippen molar-refractivity contribution in [3.63, 3.8) is 0 Å². The second kappa shape index (κ2) is 5.80. The zero-order chi connectivity index (χ0) is 11.2. The van der Waals surface area contributed by atoms with Crippen molar-refractivity contribution in [2.75, 3.05) is 31.6 Å².